The predicted octanol–water partition coefficient (Wildman–Crippen LogP) is 7.44. The molecule has 3 rings (SSSR count). The number of alkyl halides is 2. The number of rotatable bonds is 9. The first kappa shape index (κ1) is 24.6. The maximum absolute atomic E-state index is 14.8. The third-order valence-corrected chi connectivity index (χ3v) is 7.07. The van der Waals surface area contributed by atoms with E-state index in [1.54, 1.807) is 0 Å². The van der Waals surface area contributed by atoms with Crippen LogP contribution in [0, 0.1) is 35.3 Å². The highest BCUT2D eigenvalue weighted by molar-refractivity contribution is 5.64. The van der Waals surface area contributed by atoms with Crippen molar-refractivity contribution in [2.24, 2.45) is 23.7 Å². The van der Waals surface area contributed by atoms with Crippen molar-refractivity contribution in [1.82, 2.24) is 0 Å². The van der Waals surface area contributed by atoms with E-state index >= 15 is 0 Å². The lowest BCUT2D eigenvalue weighted by atomic mass is 9.68. The van der Waals surface area contributed by atoms with Crippen LogP contribution in [0.2, 0.25) is 0 Å². The van der Waals surface area contributed by atoms with Crippen LogP contribution in [0.25, 0.3) is 0 Å². The normalized spacial score (nSPS) is 26.8. The Morgan fingerprint density at radius 3 is 2.06 bits per heavy atom. The van der Waals surface area contributed by atoms with Gasteiger partial charge in [-0.25, -0.2) is 8.78 Å². The van der Waals surface area contributed by atoms with Crippen LogP contribution in [0.3, 0.4) is 0 Å². The molecule has 3 nitrogen and oxygen atoms in total. The second-order valence-corrected chi connectivity index (χ2v) is 9.14. The molecule has 1 aromatic carbocycles. The van der Waals surface area contributed by atoms with Gasteiger partial charge in [-0.15, -0.1) is 0 Å². The largest absolute Gasteiger partial charge is 0.459 e. The van der Waals surface area contributed by atoms with Crippen molar-refractivity contribution in [3.8, 4) is 11.5 Å². The van der Waals surface area contributed by atoms with Gasteiger partial charge in [0.2, 0.25) is 0 Å². The average molecular weight is 457 g/mol. The highest BCUT2D eigenvalue weighted by atomic mass is 19.3. The van der Waals surface area contributed by atoms with Crippen molar-refractivity contribution in [2.45, 2.75) is 77.2 Å². The minimum atomic E-state index is -3.51. The molecular formula is C25H32F4O3. The van der Waals surface area contributed by atoms with Gasteiger partial charge in [0.1, 0.15) is 12.0 Å². The summed E-state index contributed by atoms with van der Waals surface area (Å²) in [5.41, 5.74) is 0. The highest BCUT2D eigenvalue weighted by Crippen LogP contribution is 2.46. The van der Waals surface area contributed by atoms with Gasteiger partial charge in [-0.3, -0.25) is 4.79 Å². The Hall–Kier alpha value is -2.05. The van der Waals surface area contributed by atoms with E-state index in [1.165, 1.54) is 38.5 Å². The van der Waals surface area contributed by atoms with Crippen LogP contribution in [0.1, 0.15) is 71.1 Å². The monoisotopic (exact) mass is 456 g/mol. The zero-order chi connectivity index (χ0) is 23.1. The summed E-state index contributed by atoms with van der Waals surface area (Å²) in [5.74, 6) is -2.79. The van der Waals surface area contributed by atoms with Crippen LogP contribution in [-0.4, -0.2) is 12.4 Å². The Bertz CT molecular complexity index is 756. The number of halogens is 4. The van der Waals surface area contributed by atoms with Crippen LogP contribution in [0.4, 0.5) is 17.6 Å². The molecule has 2 aliphatic carbocycles. The molecule has 2 fully saturated rings. The first-order valence-corrected chi connectivity index (χ1v) is 11.7. The summed E-state index contributed by atoms with van der Waals surface area (Å²) in [4.78, 5) is 10.2. The molecule has 0 N–H and O–H groups in total. The maximum atomic E-state index is 14.8. The van der Waals surface area contributed by atoms with E-state index in [-0.39, 0.29) is 0 Å². The van der Waals surface area contributed by atoms with Gasteiger partial charge in [0.25, 0.3) is 0 Å². The average Bonchev–Trinajstić information content (AvgIpc) is 2.76. The Balaban J connectivity index is 1.54. The van der Waals surface area contributed by atoms with Gasteiger partial charge in [0.05, 0.1) is 12.2 Å². The zero-order valence-electron chi connectivity index (χ0n) is 18.5. The number of carbonyl (C=O) groups is 1. The number of hydrogen-bond donors (Lipinski definition) is 0. The van der Waals surface area contributed by atoms with E-state index in [9.17, 15) is 22.4 Å². The van der Waals surface area contributed by atoms with Crippen molar-refractivity contribution >= 4 is 6.29 Å². The maximum Gasteiger partial charge on any atom is 0.400 e. The van der Waals surface area contributed by atoms with Crippen LogP contribution < -0.4 is 9.47 Å². The Labute approximate surface area is 187 Å². The molecule has 2 aliphatic rings. The molecule has 0 heterocycles. The summed E-state index contributed by atoms with van der Waals surface area (Å²) >= 11 is 0. The quantitative estimate of drug-likeness (QED) is 0.168. The predicted molar refractivity (Wildman–Crippen MR) is 114 cm³/mol. The number of benzene rings is 1. The van der Waals surface area contributed by atoms with Gasteiger partial charge in [0.15, 0.2) is 17.4 Å². The lowest BCUT2D eigenvalue weighted by Crippen LogP contribution is -2.38. The van der Waals surface area contributed by atoms with E-state index in [0.29, 0.717) is 43.1 Å². The van der Waals surface area contributed by atoms with Gasteiger partial charge in [-0.05, 0) is 56.3 Å². The molecule has 0 atom stereocenters. The van der Waals surface area contributed by atoms with Crippen molar-refractivity contribution in [3.05, 3.63) is 36.1 Å². The summed E-state index contributed by atoms with van der Waals surface area (Å²) in [6.45, 7) is 2.22. The van der Waals surface area contributed by atoms with Crippen LogP contribution >= 0.6 is 0 Å². The summed E-state index contributed by atoms with van der Waals surface area (Å²) < 4.78 is 67.1. The molecule has 0 spiro atoms. The van der Waals surface area contributed by atoms with Crippen molar-refractivity contribution in [3.63, 3.8) is 0 Å². The van der Waals surface area contributed by atoms with Gasteiger partial charge in [0, 0.05) is 18.2 Å². The molecule has 1 aromatic rings. The minimum Gasteiger partial charge on any atom is -0.459 e. The lowest BCUT2D eigenvalue weighted by molar-refractivity contribution is -0.224. The number of carbonyl (C=O) groups excluding carboxylic acids is 1. The van der Waals surface area contributed by atoms with E-state index in [2.05, 4.69) is 6.92 Å². The number of aldehydes is 1. The highest BCUT2D eigenvalue weighted by Gasteiger charge is 2.45. The fraction of sp³-hybridized carbons (Fsp3) is 0.640. The molecule has 0 amide bonds. The summed E-state index contributed by atoms with van der Waals surface area (Å²) in [5, 5.41) is 0. The Kier molecular flexibility index (Phi) is 8.60. The molecule has 0 radical (unpaired) electrons. The van der Waals surface area contributed by atoms with E-state index in [1.807, 2.05) is 0 Å². The smallest absolute Gasteiger partial charge is 0.400 e. The first-order valence-electron chi connectivity index (χ1n) is 11.7. The SMILES string of the molecule is CCCC1CCC(C2CCC(C(F)(F)Oc3cc(F)c(O/C=C/C=O)c(F)c3)CC2)CC1. The van der Waals surface area contributed by atoms with Crippen molar-refractivity contribution in [1.29, 1.82) is 0 Å². The van der Waals surface area contributed by atoms with Gasteiger partial charge in [-0.2, -0.15) is 8.78 Å². The van der Waals surface area contributed by atoms with Crippen LogP contribution in [0.15, 0.2) is 24.5 Å². The Morgan fingerprint density at radius 2 is 1.53 bits per heavy atom. The summed E-state index contributed by atoms with van der Waals surface area (Å²) in [7, 11) is 0. The van der Waals surface area contributed by atoms with Crippen molar-refractivity contribution < 1.29 is 31.8 Å². The van der Waals surface area contributed by atoms with E-state index in [4.69, 9.17) is 9.47 Å². The van der Waals surface area contributed by atoms with E-state index < -0.39 is 35.2 Å². The molecule has 7 heteroatoms. The molecule has 0 aromatic heterocycles. The van der Waals surface area contributed by atoms with Gasteiger partial charge < -0.3 is 9.47 Å². The number of ether oxygens (including phenoxy) is 2. The molecule has 0 aliphatic heterocycles. The molecule has 178 valence electrons. The van der Waals surface area contributed by atoms with Gasteiger partial charge >= 0.3 is 6.11 Å². The van der Waals surface area contributed by atoms with Crippen molar-refractivity contribution in [2.75, 3.05) is 0 Å². The fourth-order valence-corrected chi connectivity index (χ4v) is 5.37. The molecule has 0 saturated heterocycles. The second kappa shape index (κ2) is 11.2. The van der Waals surface area contributed by atoms with Crippen LogP contribution in [0.5, 0.6) is 11.5 Å². The number of hydrogen-bond acceptors (Lipinski definition) is 3. The third-order valence-electron chi connectivity index (χ3n) is 7.07. The molecule has 2 saturated carbocycles. The fourth-order valence-electron chi connectivity index (χ4n) is 5.37. The zero-order valence-corrected chi connectivity index (χ0v) is 18.5. The van der Waals surface area contributed by atoms with Gasteiger partial charge in [-0.1, -0.05) is 32.6 Å². The summed E-state index contributed by atoms with van der Waals surface area (Å²) in [6, 6.07) is 1.34. The minimum absolute atomic E-state index is 0.342. The Morgan fingerprint density at radius 1 is 0.969 bits per heavy atom. The van der Waals surface area contributed by atoms with E-state index in [0.717, 1.165) is 31.1 Å². The third kappa shape index (κ3) is 6.26. The molecular weight excluding hydrogens is 424 g/mol. The first-order chi connectivity index (χ1) is 15.3. The standard InChI is InChI=1S/C25H32F4O3/c1-2-4-17-5-7-18(8-6-17)19-9-11-20(12-10-19)25(28,29)32-21-15-22(26)24(23(27)16-21)31-14-3-13-30/h3,13-20H,2,4-12H2,1H3/b14-3+. The summed E-state index contributed by atoms with van der Waals surface area (Å²) in [6.07, 6.45) is 8.14. The van der Waals surface area contributed by atoms with Crippen LogP contribution in [-0.2, 0) is 4.79 Å². The lowest BCUT2D eigenvalue weighted by Gasteiger charge is -2.39. The molecule has 0 bridgehead atoms. The topological polar surface area (TPSA) is 35.5 Å². The molecule has 32 heavy (non-hydrogen) atoms. The second-order valence-electron chi connectivity index (χ2n) is 9.14. The number of allylic oxidation sites excluding steroid dienone is 1. The molecule has 0 unspecified atom stereocenters.